The Morgan fingerprint density at radius 2 is 2.39 bits per heavy atom. The summed E-state index contributed by atoms with van der Waals surface area (Å²) in [5, 5.41) is 2.84. The minimum Gasteiger partial charge on any atom is -0.354 e. The first-order chi connectivity index (χ1) is 8.66. The molecule has 0 radical (unpaired) electrons. The summed E-state index contributed by atoms with van der Waals surface area (Å²) < 4.78 is 0. The van der Waals surface area contributed by atoms with Gasteiger partial charge < -0.3 is 11.1 Å². The first kappa shape index (κ1) is 13.4. The number of rotatable bonds is 4. The van der Waals surface area contributed by atoms with Gasteiger partial charge in [-0.05, 0) is 49.1 Å². The predicted octanol–water partition coefficient (Wildman–Crippen LogP) is 1.73. The standard InChI is InChI=1S/C14H20N2OS/c1-10(15)14(17)16-7-6-11-4-5-13-12(9-11)3-2-8-18-13/h4-5,9-10H,2-3,6-8,15H2,1H3,(H,16,17). The van der Waals surface area contributed by atoms with E-state index < -0.39 is 6.04 Å². The van der Waals surface area contributed by atoms with E-state index in [1.807, 2.05) is 11.8 Å². The quantitative estimate of drug-likeness (QED) is 0.871. The molecule has 18 heavy (non-hydrogen) atoms. The molecule has 3 N–H and O–H groups in total. The molecular weight excluding hydrogens is 244 g/mol. The van der Waals surface area contributed by atoms with Gasteiger partial charge in [0.05, 0.1) is 6.04 Å². The number of fused-ring (bicyclic) bond motifs is 1. The molecule has 1 aliphatic heterocycles. The maximum absolute atomic E-state index is 11.3. The monoisotopic (exact) mass is 264 g/mol. The summed E-state index contributed by atoms with van der Waals surface area (Å²) in [6, 6.07) is 6.22. The Morgan fingerprint density at radius 1 is 1.56 bits per heavy atom. The number of nitrogens with one attached hydrogen (secondary N) is 1. The first-order valence-corrected chi connectivity index (χ1v) is 7.43. The van der Waals surface area contributed by atoms with Crippen LogP contribution in [0.5, 0.6) is 0 Å². The molecule has 0 saturated heterocycles. The number of aryl methyl sites for hydroxylation is 1. The molecule has 0 saturated carbocycles. The zero-order valence-corrected chi connectivity index (χ0v) is 11.6. The lowest BCUT2D eigenvalue weighted by molar-refractivity contribution is -0.121. The summed E-state index contributed by atoms with van der Waals surface area (Å²) >= 11 is 1.94. The fourth-order valence-corrected chi connectivity index (χ4v) is 3.08. The van der Waals surface area contributed by atoms with E-state index >= 15 is 0 Å². The lowest BCUT2D eigenvalue weighted by atomic mass is 10.0. The van der Waals surface area contributed by atoms with Crippen LogP contribution in [0.3, 0.4) is 0 Å². The minimum atomic E-state index is -0.426. The highest BCUT2D eigenvalue weighted by molar-refractivity contribution is 7.99. The molecule has 0 bridgehead atoms. The van der Waals surface area contributed by atoms with Crippen LogP contribution >= 0.6 is 11.8 Å². The molecule has 1 heterocycles. The van der Waals surface area contributed by atoms with Gasteiger partial charge in [-0.25, -0.2) is 0 Å². The van der Waals surface area contributed by atoms with E-state index in [-0.39, 0.29) is 5.91 Å². The molecule has 1 aromatic carbocycles. The number of amides is 1. The molecule has 0 fully saturated rings. The second-order valence-corrected chi connectivity index (χ2v) is 5.86. The highest BCUT2D eigenvalue weighted by atomic mass is 32.2. The van der Waals surface area contributed by atoms with Gasteiger partial charge in [-0.3, -0.25) is 4.79 Å². The Labute approximate surface area is 113 Å². The predicted molar refractivity (Wildman–Crippen MR) is 75.9 cm³/mol. The Hall–Kier alpha value is -1.00. The van der Waals surface area contributed by atoms with Gasteiger partial charge in [-0.1, -0.05) is 12.1 Å². The van der Waals surface area contributed by atoms with Gasteiger partial charge in [-0.15, -0.1) is 11.8 Å². The van der Waals surface area contributed by atoms with Crippen LogP contribution in [0, 0.1) is 0 Å². The van der Waals surface area contributed by atoms with Crippen molar-refractivity contribution in [3.63, 3.8) is 0 Å². The van der Waals surface area contributed by atoms with Crippen molar-refractivity contribution < 1.29 is 4.79 Å². The first-order valence-electron chi connectivity index (χ1n) is 6.44. The third-order valence-corrected chi connectivity index (χ3v) is 4.30. The van der Waals surface area contributed by atoms with E-state index in [9.17, 15) is 4.79 Å². The number of benzene rings is 1. The Balaban J connectivity index is 1.88. The van der Waals surface area contributed by atoms with Crippen molar-refractivity contribution in [2.75, 3.05) is 12.3 Å². The Morgan fingerprint density at radius 3 is 3.17 bits per heavy atom. The fraction of sp³-hybridized carbons (Fsp3) is 0.500. The molecule has 3 nitrogen and oxygen atoms in total. The van der Waals surface area contributed by atoms with E-state index in [4.69, 9.17) is 5.73 Å². The summed E-state index contributed by atoms with van der Waals surface area (Å²) in [7, 11) is 0. The largest absolute Gasteiger partial charge is 0.354 e. The molecular formula is C14H20N2OS. The molecule has 4 heteroatoms. The molecule has 1 unspecified atom stereocenters. The summed E-state index contributed by atoms with van der Waals surface area (Å²) in [5.41, 5.74) is 8.24. The maximum Gasteiger partial charge on any atom is 0.236 e. The average Bonchev–Trinajstić information content (AvgIpc) is 2.38. The van der Waals surface area contributed by atoms with E-state index in [0.29, 0.717) is 6.54 Å². The summed E-state index contributed by atoms with van der Waals surface area (Å²) in [4.78, 5) is 12.7. The highest BCUT2D eigenvalue weighted by Gasteiger charge is 2.10. The van der Waals surface area contributed by atoms with Crippen molar-refractivity contribution in [2.24, 2.45) is 5.73 Å². The molecule has 1 aromatic rings. The highest BCUT2D eigenvalue weighted by Crippen LogP contribution is 2.30. The second-order valence-electron chi connectivity index (χ2n) is 4.72. The lowest BCUT2D eigenvalue weighted by Crippen LogP contribution is -2.39. The molecule has 2 rings (SSSR count). The Kier molecular flexibility index (Phi) is 4.66. The third-order valence-electron chi connectivity index (χ3n) is 3.10. The number of nitrogens with two attached hydrogens (primary N) is 1. The average molecular weight is 264 g/mol. The molecule has 1 aliphatic rings. The van der Waals surface area contributed by atoms with Crippen LogP contribution in [0.1, 0.15) is 24.5 Å². The Bertz CT molecular complexity index is 432. The van der Waals surface area contributed by atoms with Gasteiger partial charge in [-0.2, -0.15) is 0 Å². The van der Waals surface area contributed by atoms with E-state index in [1.165, 1.54) is 34.6 Å². The zero-order valence-electron chi connectivity index (χ0n) is 10.7. The second kappa shape index (κ2) is 6.25. The number of thioether (sulfide) groups is 1. The van der Waals surface area contributed by atoms with Crippen molar-refractivity contribution in [3.8, 4) is 0 Å². The van der Waals surface area contributed by atoms with Crippen LogP contribution < -0.4 is 11.1 Å². The summed E-state index contributed by atoms with van der Waals surface area (Å²) in [6.45, 7) is 2.36. The fourth-order valence-electron chi connectivity index (χ4n) is 2.06. The van der Waals surface area contributed by atoms with Gasteiger partial charge in [0.1, 0.15) is 0 Å². The number of carbonyl (C=O) groups is 1. The van der Waals surface area contributed by atoms with Crippen LogP contribution in [0.15, 0.2) is 23.1 Å². The van der Waals surface area contributed by atoms with Crippen LogP contribution in [-0.2, 0) is 17.6 Å². The van der Waals surface area contributed by atoms with Gasteiger partial charge in [0.2, 0.25) is 5.91 Å². The molecule has 1 amide bonds. The van der Waals surface area contributed by atoms with Crippen LogP contribution in [0.4, 0.5) is 0 Å². The van der Waals surface area contributed by atoms with Crippen molar-refractivity contribution in [1.82, 2.24) is 5.32 Å². The van der Waals surface area contributed by atoms with E-state index in [0.717, 1.165) is 6.42 Å². The lowest BCUT2D eigenvalue weighted by Gasteiger charge is -2.16. The molecule has 0 aromatic heterocycles. The third kappa shape index (κ3) is 3.50. The van der Waals surface area contributed by atoms with Crippen LogP contribution in [0.25, 0.3) is 0 Å². The van der Waals surface area contributed by atoms with Gasteiger partial charge in [0.25, 0.3) is 0 Å². The van der Waals surface area contributed by atoms with Crippen molar-refractivity contribution in [1.29, 1.82) is 0 Å². The molecule has 0 aliphatic carbocycles. The smallest absolute Gasteiger partial charge is 0.236 e. The van der Waals surface area contributed by atoms with Crippen LogP contribution in [0.2, 0.25) is 0 Å². The van der Waals surface area contributed by atoms with Gasteiger partial charge in [0.15, 0.2) is 0 Å². The van der Waals surface area contributed by atoms with E-state index in [1.54, 1.807) is 6.92 Å². The van der Waals surface area contributed by atoms with Crippen molar-refractivity contribution >= 4 is 17.7 Å². The van der Waals surface area contributed by atoms with Gasteiger partial charge in [0, 0.05) is 11.4 Å². The van der Waals surface area contributed by atoms with Crippen LogP contribution in [-0.4, -0.2) is 24.2 Å². The summed E-state index contributed by atoms with van der Waals surface area (Å²) in [6.07, 6.45) is 3.32. The summed E-state index contributed by atoms with van der Waals surface area (Å²) in [5.74, 6) is 1.15. The molecule has 98 valence electrons. The number of hydrogen-bond donors (Lipinski definition) is 2. The maximum atomic E-state index is 11.3. The topological polar surface area (TPSA) is 55.1 Å². The number of hydrogen-bond acceptors (Lipinski definition) is 3. The normalized spacial score (nSPS) is 15.9. The van der Waals surface area contributed by atoms with Crippen molar-refractivity contribution in [3.05, 3.63) is 29.3 Å². The van der Waals surface area contributed by atoms with Gasteiger partial charge >= 0.3 is 0 Å². The molecule has 1 atom stereocenters. The van der Waals surface area contributed by atoms with Crippen molar-refractivity contribution in [2.45, 2.75) is 37.1 Å². The zero-order chi connectivity index (χ0) is 13.0. The number of carbonyl (C=O) groups excluding carboxylic acids is 1. The molecule has 0 spiro atoms. The van der Waals surface area contributed by atoms with E-state index in [2.05, 4.69) is 23.5 Å². The SMILES string of the molecule is CC(N)C(=O)NCCc1ccc2c(c1)CCCS2. The minimum absolute atomic E-state index is 0.0801.